The summed E-state index contributed by atoms with van der Waals surface area (Å²) >= 11 is 5.55. The van der Waals surface area contributed by atoms with Gasteiger partial charge in [0.05, 0.1) is 0 Å². The Morgan fingerprint density at radius 1 is 1.00 bits per heavy atom. The van der Waals surface area contributed by atoms with E-state index in [4.69, 9.17) is 11.6 Å². The third kappa shape index (κ3) is 2.13. The second-order valence-electron chi connectivity index (χ2n) is 5.14. The fourth-order valence-electron chi connectivity index (χ4n) is 3.26. The lowest BCUT2D eigenvalue weighted by molar-refractivity contribution is -0.116. The molecule has 0 aromatic carbocycles. The van der Waals surface area contributed by atoms with Crippen molar-refractivity contribution in [3.63, 3.8) is 0 Å². The summed E-state index contributed by atoms with van der Waals surface area (Å²) in [4.78, 5) is 11.0. The van der Waals surface area contributed by atoms with Crippen molar-refractivity contribution in [3.8, 4) is 0 Å². The van der Waals surface area contributed by atoms with Crippen molar-refractivity contribution in [1.29, 1.82) is 0 Å². The summed E-state index contributed by atoms with van der Waals surface area (Å²) in [5, 5.41) is -0.101. The highest BCUT2D eigenvalue weighted by atomic mass is 35.5. The van der Waals surface area contributed by atoms with E-state index in [0.29, 0.717) is 5.41 Å². The zero-order chi connectivity index (χ0) is 10.0. The molecule has 0 bridgehead atoms. The lowest BCUT2D eigenvalue weighted by atomic mass is 9.63. The largest absolute Gasteiger partial charge is 0.281 e. The van der Waals surface area contributed by atoms with Crippen molar-refractivity contribution in [2.75, 3.05) is 0 Å². The van der Waals surface area contributed by atoms with Crippen molar-refractivity contribution in [3.05, 3.63) is 0 Å². The van der Waals surface area contributed by atoms with Crippen LogP contribution in [0.15, 0.2) is 0 Å². The number of carbonyl (C=O) groups excluding carboxylic acids is 1. The van der Waals surface area contributed by atoms with Crippen LogP contribution in [0.5, 0.6) is 0 Å². The molecule has 0 heterocycles. The topological polar surface area (TPSA) is 17.1 Å². The van der Waals surface area contributed by atoms with Crippen molar-refractivity contribution in [2.24, 2.45) is 11.3 Å². The van der Waals surface area contributed by atoms with Gasteiger partial charge in [-0.2, -0.15) is 0 Å². The first kappa shape index (κ1) is 10.5. The zero-order valence-corrected chi connectivity index (χ0v) is 9.48. The summed E-state index contributed by atoms with van der Waals surface area (Å²) in [7, 11) is 0. The van der Waals surface area contributed by atoms with E-state index < -0.39 is 0 Å². The quantitative estimate of drug-likeness (QED) is 0.606. The Hall–Kier alpha value is -0.0400. The predicted octanol–water partition coefficient (Wildman–Crippen LogP) is 3.89. The van der Waals surface area contributed by atoms with Gasteiger partial charge in [-0.15, -0.1) is 0 Å². The molecule has 1 nitrogen and oxygen atoms in total. The van der Waals surface area contributed by atoms with Crippen LogP contribution in [0.2, 0.25) is 0 Å². The predicted molar refractivity (Wildman–Crippen MR) is 58.3 cm³/mol. The molecule has 0 aromatic heterocycles. The Morgan fingerprint density at radius 3 is 2.07 bits per heavy atom. The first-order chi connectivity index (χ1) is 6.72. The molecule has 2 aliphatic rings. The van der Waals surface area contributed by atoms with Gasteiger partial charge in [0.25, 0.3) is 0 Å². The van der Waals surface area contributed by atoms with Gasteiger partial charge in [0.15, 0.2) is 0 Å². The highest BCUT2D eigenvalue weighted by molar-refractivity contribution is 6.63. The van der Waals surface area contributed by atoms with Gasteiger partial charge in [0, 0.05) is 5.92 Å². The molecule has 0 aliphatic heterocycles. The van der Waals surface area contributed by atoms with Crippen LogP contribution < -0.4 is 0 Å². The van der Waals surface area contributed by atoms with Crippen molar-refractivity contribution < 1.29 is 4.79 Å². The van der Waals surface area contributed by atoms with Crippen LogP contribution in [0.3, 0.4) is 0 Å². The number of halogens is 1. The molecule has 0 aromatic rings. The maximum atomic E-state index is 11.0. The molecule has 0 N–H and O–H groups in total. The number of rotatable bonds is 1. The number of hydrogen-bond donors (Lipinski definition) is 0. The summed E-state index contributed by atoms with van der Waals surface area (Å²) in [5.74, 6) is 0.171. The zero-order valence-electron chi connectivity index (χ0n) is 8.73. The van der Waals surface area contributed by atoms with Crippen LogP contribution >= 0.6 is 11.6 Å². The Kier molecular flexibility index (Phi) is 3.16. The fourth-order valence-corrected chi connectivity index (χ4v) is 3.48. The molecule has 2 aliphatic carbocycles. The summed E-state index contributed by atoms with van der Waals surface area (Å²) < 4.78 is 0. The molecule has 0 saturated heterocycles. The second kappa shape index (κ2) is 4.22. The van der Waals surface area contributed by atoms with Crippen LogP contribution in [-0.4, -0.2) is 5.24 Å². The standard InChI is InChI=1S/C12H19ClO/c13-11(14)10-4-8-12(9-5-10)6-2-1-3-7-12/h10H,1-9H2. The van der Waals surface area contributed by atoms with Crippen LogP contribution in [0.1, 0.15) is 57.8 Å². The monoisotopic (exact) mass is 214 g/mol. The fraction of sp³-hybridized carbons (Fsp3) is 0.917. The summed E-state index contributed by atoms with van der Waals surface area (Å²) in [5.41, 5.74) is 0.612. The molecule has 2 saturated carbocycles. The molecule has 80 valence electrons. The van der Waals surface area contributed by atoms with Crippen LogP contribution in [0, 0.1) is 11.3 Å². The molecule has 0 atom stereocenters. The lowest BCUT2D eigenvalue weighted by Gasteiger charge is -2.42. The van der Waals surface area contributed by atoms with Gasteiger partial charge in [0.1, 0.15) is 0 Å². The molecule has 2 rings (SSSR count). The van der Waals surface area contributed by atoms with Gasteiger partial charge in [-0.1, -0.05) is 19.3 Å². The minimum atomic E-state index is -0.101. The van der Waals surface area contributed by atoms with Crippen LogP contribution in [0.25, 0.3) is 0 Å². The third-order valence-corrected chi connectivity index (χ3v) is 4.59. The van der Waals surface area contributed by atoms with Gasteiger partial charge < -0.3 is 0 Å². The van der Waals surface area contributed by atoms with E-state index in [-0.39, 0.29) is 11.2 Å². The molecule has 1 spiro atoms. The first-order valence-electron chi connectivity index (χ1n) is 5.91. The molecule has 0 radical (unpaired) electrons. The average Bonchev–Trinajstić information content (AvgIpc) is 2.19. The molecule has 14 heavy (non-hydrogen) atoms. The molecular weight excluding hydrogens is 196 g/mol. The van der Waals surface area contributed by atoms with Crippen LogP contribution in [0.4, 0.5) is 0 Å². The smallest absolute Gasteiger partial charge is 0.224 e. The van der Waals surface area contributed by atoms with E-state index in [1.807, 2.05) is 0 Å². The third-order valence-electron chi connectivity index (χ3n) is 4.28. The SMILES string of the molecule is O=C(Cl)C1CCC2(CCCCC2)CC1. The molecular formula is C12H19ClO. The summed E-state index contributed by atoms with van der Waals surface area (Å²) in [6.45, 7) is 0. The lowest BCUT2D eigenvalue weighted by Crippen LogP contribution is -2.31. The molecule has 0 unspecified atom stereocenters. The normalized spacial score (nSPS) is 27.8. The summed E-state index contributed by atoms with van der Waals surface area (Å²) in [6.07, 6.45) is 11.6. The summed E-state index contributed by atoms with van der Waals surface area (Å²) in [6, 6.07) is 0. The van der Waals surface area contributed by atoms with Crippen molar-refractivity contribution in [2.45, 2.75) is 57.8 Å². The van der Waals surface area contributed by atoms with E-state index in [1.165, 1.54) is 44.9 Å². The Bertz CT molecular complexity index is 208. The maximum Gasteiger partial charge on any atom is 0.224 e. The van der Waals surface area contributed by atoms with E-state index >= 15 is 0 Å². The molecule has 2 fully saturated rings. The van der Waals surface area contributed by atoms with E-state index in [2.05, 4.69) is 0 Å². The van der Waals surface area contributed by atoms with Crippen molar-refractivity contribution in [1.82, 2.24) is 0 Å². The minimum Gasteiger partial charge on any atom is -0.281 e. The maximum absolute atomic E-state index is 11.0. The molecule has 2 heteroatoms. The highest BCUT2D eigenvalue weighted by Crippen LogP contribution is 2.48. The van der Waals surface area contributed by atoms with Gasteiger partial charge >= 0.3 is 0 Å². The Labute approximate surface area is 91.2 Å². The number of hydrogen-bond acceptors (Lipinski definition) is 1. The van der Waals surface area contributed by atoms with E-state index in [9.17, 15) is 4.79 Å². The van der Waals surface area contributed by atoms with Gasteiger partial charge in [-0.3, -0.25) is 4.79 Å². The molecule has 0 amide bonds. The van der Waals surface area contributed by atoms with E-state index in [1.54, 1.807) is 0 Å². The Balaban J connectivity index is 1.90. The second-order valence-corrected chi connectivity index (χ2v) is 5.51. The van der Waals surface area contributed by atoms with Crippen molar-refractivity contribution >= 4 is 16.8 Å². The van der Waals surface area contributed by atoms with Gasteiger partial charge in [-0.05, 0) is 55.5 Å². The average molecular weight is 215 g/mol. The van der Waals surface area contributed by atoms with E-state index in [0.717, 1.165) is 12.8 Å². The number of carbonyl (C=O) groups is 1. The first-order valence-corrected chi connectivity index (χ1v) is 6.29. The van der Waals surface area contributed by atoms with Gasteiger partial charge in [-0.25, -0.2) is 0 Å². The van der Waals surface area contributed by atoms with Gasteiger partial charge in [0.2, 0.25) is 5.24 Å². The van der Waals surface area contributed by atoms with Crippen LogP contribution in [-0.2, 0) is 4.79 Å². The minimum absolute atomic E-state index is 0.101. The Morgan fingerprint density at radius 2 is 1.57 bits per heavy atom. The highest BCUT2D eigenvalue weighted by Gasteiger charge is 2.37.